The van der Waals surface area contributed by atoms with Crippen LogP contribution in [0.2, 0.25) is 0 Å². The van der Waals surface area contributed by atoms with Crippen molar-refractivity contribution in [3.05, 3.63) is 163 Å². The maximum Gasteiger partial charge on any atom is 0.268 e. The molecule has 6 aromatic rings. The van der Waals surface area contributed by atoms with Crippen LogP contribution in [0.15, 0.2) is 119 Å². The Balaban J connectivity index is 1.22. The molecule has 0 aromatic heterocycles. The first-order chi connectivity index (χ1) is 23.5. The van der Waals surface area contributed by atoms with Crippen LogP contribution in [0.4, 0.5) is 17.1 Å². The first kappa shape index (κ1) is 30.8. The van der Waals surface area contributed by atoms with Gasteiger partial charge in [0.15, 0.2) is 5.75 Å². The lowest BCUT2D eigenvalue weighted by atomic mass is 9.82. The smallest absolute Gasteiger partial charge is 0.268 e. The number of fused-ring (bicyclic) bond motifs is 6. The van der Waals surface area contributed by atoms with Gasteiger partial charge in [-0.3, -0.25) is 9.59 Å². The van der Waals surface area contributed by atoms with Crippen molar-refractivity contribution in [1.29, 1.82) is 0 Å². The Labute approximate surface area is 287 Å². The van der Waals surface area contributed by atoms with E-state index in [0.29, 0.717) is 5.56 Å². The third-order valence-electron chi connectivity index (χ3n) is 10.5. The van der Waals surface area contributed by atoms with Gasteiger partial charge in [-0.25, -0.2) is 0 Å². The lowest BCUT2D eigenvalue weighted by molar-refractivity contribution is 0.236. The van der Waals surface area contributed by atoms with E-state index in [1.54, 1.807) is 6.08 Å². The van der Waals surface area contributed by atoms with Crippen LogP contribution in [-0.4, -0.2) is 6.10 Å². The molecule has 0 saturated heterocycles. The number of hydrogen-bond acceptors (Lipinski definition) is 4. The van der Waals surface area contributed by atoms with E-state index in [9.17, 15) is 9.59 Å². The summed E-state index contributed by atoms with van der Waals surface area (Å²) in [5.41, 5.74) is 13.7. The summed E-state index contributed by atoms with van der Waals surface area (Å²) in [4.78, 5) is 26.7. The van der Waals surface area contributed by atoms with Gasteiger partial charge in [0.2, 0.25) is 5.43 Å². The lowest BCUT2D eigenvalue weighted by Crippen LogP contribution is -2.36. The minimum atomic E-state index is -0.555. The monoisotopic (exact) mass is 641 g/mol. The van der Waals surface area contributed by atoms with Crippen molar-refractivity contribution in [3.8, 4) is 28.0 Å². The van der Waals surface area contributed by atoms with Gasteiger partial charge in [0, 0.05) is 27.9 Å². The zero-order chi connectivity index (χ0) is 34.2. The highest BCUT2D eigenvalue weighted by Gasteiger charge is 2.37. The van der Waals surface area contributed by atoms with Gasteiger partial charge in [0.1, 0.15) is 0 Å². The predicted octanol–water partition coefficient (Wildman–Crippen LogP) is 10.3. The molecule has 0 radical (unpaired) electrons. The van der Waals surface area contributed by atoms with Gasteiger partial charge in [0.25, 0.3) is 5.43 Å². The highest BCUT2D eigenvalue weighted by atomic mass is 16.5. The van der Waals surface area contributed by atoms with E-state index >= 15 is 0 Å². The minimum Gasteiger partial charge on any atom is -0.486 e. The molecule has 0 spiro atoms. The van der Waals surface area contributed by atoms with Crippen molar-refractivity contribution in [2.75, 3.05) is 4.90 Å². The number of nitrogens with zero attached hydrogens (tertiary/aromatic N) is 1. The summed E-state index contributed by atoms with van der Waals surface area (Å²) in [5, 5.41) is 0. The van der Waals surface area contributed by atoms with Crippen LogP contribution in [0.3, 0.4) is 0 Å². The second-order valence-corrected chi connectivity index (χ2v) is 14.6. The van der Waals surface area contributed by atoms with Crippen LogP contribution in [0.25, 0.3) is 34.4 Å². The maximum absolute atomic E-state index is 12.3. The highest BCUT2D eigenvalue weighted by molar-refractivity contribution is 5.88. The molecule has 0 bridgehead atoms. The van der Waals surface area contributed by atoms with Gasteiger partial charge in [0.05, 0.1) is 11.7 Å². The van der Waals surface area contributed by atoms with Gasteiger partial charge in [-0.05, 0) is 106 Å². The molecule has 0 atom stereocenters. The van der Waals surface area contributed by atoms with Crippen molar-refractivity contribution in [2.24, 2.45) is 0 Å². The molecule has 49 heavy (non-hydrogen) atoms. The predicted molar refractivity (Wildman–Crippen MR) is 202 cm³/mol. The number of ether oxygens (including phenoxy) is 1. The van der Waals surface area contributed by atoms with Gasteiger partial charge < -0.3 is 9.64 Å². The Morgan fingerprint density at radius 2 is 1.02 bits per heavy atom. The van der Waals surface area contributed by atoms with Gasteiger partial charge in [-0.15, -0.1) is 0 Å². The lowest BCUT2D eigenvalue weighted by Gasteiger charge is -2.29. The second kappa shape index (κ2) is 11.0. The third-order valence-corrected chi connectivity index (χ3v) is 10.5. The van der Waals surface area contributed by atoms with Crippen LogP contribution < -0.4 is 20.5 Å². The van der Waals surface area contributed by atoms with Crippen LogP contribution >= 0.6 is 0 Å². The Hall–Kier alpha value is -5.48. The van der Waals surface area contributed by atoms with E-state index in [-0.39, 0.29) is 22.7 Å². The van der Waals surface area contributed by atoms with Gasteiger partial charge in [-0.2, -0.15) is 0 Å². The van der Waals surface area contributed by atoms with E-state index in [2.05, 4.69) is 130 Å². The molecule has 4 nitrogen and oxygen atoms in total. The molecule has 0 fully saturated rings. The van der Waals surface area contributed by atoms with E-state index in [0.717, 1.165) is 22.6 Å². The summed E-state index contributed by atoms with van der Waals surface area (Å²) in [6.07, 6.45) is 3.37. The molecule has 0 unspecified atom stereocenters. The van der Waals surface area contributed by atoms with Crippen molar-refractivity contribution < 1.29 is 4.74 Å². The fourth-order valence-corrected chi connectivity index (χ4v) is 7.92. The average Bonchev–Trinajstić information content (AvgIpc) is 3.47. The molecule has 0 saturated carbocycles. The van der Waals surface area contributed by atoms with E-state index in [1.807, 2.05) is 32.1 Å². The fraction of sp³-hybridized carbons (Fsp3) is 0.200. The fourth-order valence-electron chi connectivity index (χ4n) is 7.92. The molecule has 0 aliphatic heterocycles. The molecule has 242 valence electrons. The first-order valence-corrected chi connectivity index (χ1v) is 17.0. The van der Waals surface area contributed by atoms with E-state index in [1.165, 1.54) is 44.5 Å². The Bertz CT molecular complexity index is 2280. The van der Waals surface area contributed by atoms with Crippen molar-refractivity contribution >= 4 is 29.2 Å². The molecule has 2 aliphatic rings. The van der Waals surface area contributed by atoms with Gasteiger partial charge >= 0.3 is 0 Å². The molecular formula is C45H39NO3. The summed E-state index contributed by atoms with van der Waals surface area (Å²) in [6, 6.07) is 39.5. The molecule has 4 heteroatoms. The summed E-state index contributed by atoms with van der Waals surface area (Å²) in [7, 11) is 0. The quantitative estimate of drug-likeness (QED) is 0.163. The molecule has 6 aromatic carbocycles. The molecule has 8 rings (SSSR count). The van der Waals surface area contributed by atoms with Crippen LogP contribution in [0.1, 0.15) is 74.9 Å². The number of anilines is 3. The molecule has 0 N–H and O–H groups in total. The van der Waals surface area contributed by atoms with Crippen LogP contribution in [0.5, 0.6) is 5.75 Å². The number of benzene rings is 5. The van der Waals surface area contributed by atoms with Crippen molar-refractivity contribution in [1.82, 2.24) is 0 Å². The number of rotatable bonds is 7. The van der Waals surface area contributed by atoms with Gasteiger partial charge in [-0.1, -0.05) is 107 Å². The standard InChI is InChI=1S/C45H39NO3/c1-27(2)49-43-36(41(47)42(43)48)22-17-28-15-18-29(19-16-28)46(30-20-23-34-32-11-7-9-13-37(32)44(3,4)39(34)25-30)31-21-24-35-33-12-8-10-14-38(33)45(5,6)40(35)26-31/h7-27H,1-6H3/b22-17+. The summed E-state index contributed by atoms with van der Waals surface area (Å²) < 4.78 is 5.60. The molecule has 0 amide bonds. The van der Waals surface area contributed by atoms with Crippen molar-refractivity contribution in [2.45, 2.75) is 58.5 Å². The summed E-state index contributed by atoms with van der Waals surface area (Å²) in [5.74, 6) is 0.155. The molecule has 2 aliphatic carbocycles. The third kappa shape index (κ3) is 4.73. The second-order valence-electron chi connectivity index (χ2n) is 14.6. The van der Waals surface area contributed by atoms with Crippen LogP contribution in [-0.2, 0) is 10.8 Å². The maximum atomic E-state index is 12.3. The van der Waals surface area contributed by atoms with E-state index in [4.69, 9.17) is 4.74 Å². The average molecular weight is 642 g/mol. The Morgan fingerprint density at radius 1 is 0.551 bits per heavy atom. The van der Waals surface area contributed by atoms with Crippen LogP contribution in [0, 0.1) is 0 Å². The van der Waals surface area contributed by atoms with Crippen molar-refractivity contribution in [3.63, 3.8) is 0 Å². The normalized spacial score (nSPS) is 14.9. The zero-order valence-corrected chi connectivity index (χ0v) is 28.8. The molecular weight excluding hydrogens is 602 g/mol. The summed E-state index contributed by atoms with van der Waals surface area (Å²) in [6.45, 7) is 12.9. The van der Waals surface area contributed by atoms with E-state index < -0.39 is 10.9 Å². The number of hydrogen-bond donors (Lipinski definition) is 0. The minimum absolute atomic E-state index is 0.128. The molecule has 0 heterocycles. The Morgan fingerprint density at radius 3 is 1.53 bits per heavy atom. The Kier molecular flexibility index (Phi) is 6.94. The topological polar surface area (TPSA) is 46.6 Å². The zero-order valence-electron chi connectivity index (χ0n) is 28.8. The summed E-state index contributed by atoms with van der Waals surface area (Å²) >= 11 is 0. The SMILES string of the molecule is CC(C)Oc1c(/C=C/c2ccc(N(c3ccc4c(c3)C(C)(C)c3ccccc3-4)c3ccc4c(c3)C(C)(C)c3ccccc3-4)cc2)c(=O)c1=O. The highest BCUT2D eigenvalue weighted by Crippen LogP contribution is 2.53. The first-order valence-electron chi connectivity index (χ1n) is 17.0. The largest absolute Gasteiger partial charge is 0.486 e.